The van der Waals surface area contributed by atoms with Crippen molar-refractivity contribution in [1.29, 1.82) is 0 Å². The van der Waals surface area contributed by atoms with Gasteiger partial charge >= 0.3 is 0 Å². The highest BCUT2D eigenvalue weighted by atomic mass is 16.3. The number of aryl methyl sites for hydroxylation is 2. The number of pyridine rings is 1. The molecule has 148 valence electrons. The number of hydrogen-bond acceptors (Lipinski definition) is 4. The van der Waals surface area contributed by atoms with Gasteiger partial charge in [0.2, 0.25) is 0 Å². The molecular formula is C23H25N5O. The van der Waals surface area contributed by atoms with Gasteiger partial charge in [0.1, 0.15) is 0 Å². The molecule has 29 heavy (non-hydrogen) atoms. The standard InChI is InChI=1S/C23H25N5O/c1-14-22(27(4)26-25-14)15-11-20-21(24-13-15)18-10-9-16(23(2,3)29)12-19(18)28(20)17-7-5-6-8-17/h5-6,9-13,17,29H,7-8H2,1-4H3. The van der Waals surface area contributed by atoms with E-state index in [0.29, 0.717) is 6.04 Å². The number of nitrogens with zero attached hydrogens (tertiary/aromatic N) is 5. The average molecular weight is 387 g/mol. The minimum atomic E-state index is -0.889. The second-order valence-electron chi connectivity index (χ2n) is 8.50. The molecule has 1 aliphatic carbocycles. The number of aromatic nitrogens is 5. The maximum Gasteiger partial charge on any atom is 0.0960 e. The fourth-order valence-corrected chi connectivity index (χ4v) is 4.48. The van der Waals surface area contributed by atoms with Crippen LogP contribution < -0.4 is 0 Å². The highest BCUT2D eigenvalue weighted by Gasteiger charge is 2.24. The lowest BCUT2D eigenvalue weighted by molar-refractivity contribution is 0.0787. The zero-order chi connectivity index (χ0) is 20.3. The lowest BCUT2D eigenvalue weighted by Gasteiger charge is -2.20. The van der Waals surface area contributed by atoms with Crippen LogP contribution in [0, 0.1) is 6.92 Å². The van der Waals surface area contributed by atoms with Crippen LogP contribution in [0.1, 0.15) is 44.0 Å². The van der Waals surface area contributed by atoms with E-state index in [1.54, 1.807) is 4.68 Å². The van der Waals surface area contributed by atoms with Crippen LogP contribution in [0.5, 0.6) is 0 Å². The first-order chi connectivity index (χ1) is 13.8. The summed E-state index contributed by atoms with van der Waals surface area (Å²) in [7, 11) is 1.91. The third kappa shape index (κ3) is 2.78. The molecule has 3 heterocycles. The van der Waals surface area contributed by atoms with Crippen molar-refractivity contribution in [3.05, 3.63) is 53.9 Å². The number of benzene rings is 1. The van der Waals surface area contributed by atoms with Crippen LogP contribution in [-0.2, 0) is 12.6 Å². The molecule has 0 atom stereocenters. The van der Waals surface area contributed by atoms with Gasteiger partial charge in [-0.1, -0.05) is 29.5 Å². The highest BCUT2D eigenvalue weighted by Crippen LogP contribution is 2.38. The van der Waals surface area contributed by atoms with Gasteiger partial charge in [0.05, 0.1) is 33.5 Å². The molecule has 0 spiro atoms. The molecule has 6 nitrogen and oxygen atoms in total. The first-order valence-corrected chi connectivity index (χ1v) is 10.0. The molecule has 0 fully saturated rings. The van der Waals surface area contributed by atoms with E-state index in [9.17, 15) is 5.11 Å². The van der Waals surface area contributed by atoms with Gasteiger partial charge in [-0.25, -0.2) is 4.68 Å². The van der Waals surface area contributed by atoms with Crippen molar-refractivity contribution in [3.8, 4) is 11.3 Å². The second kappa shape index (κ2) is 6.26. The second-order valence-corrected chi connectivity index (χ2v) is 8.50. The summed E-state index contributed by atoms with van der Waals surface area (Å²) in [5.74, 6) is 0. The van der Waals surface area contributed by atoms with E-state index < -0.39 is 5.60 Å². The molecule has 1 aliphatic rings. The summed E-state index contributed by atoms with van der Waals surface area (Å²) in [5.41, 5.74) is 6.14. The molecule has 0 saturated carbocycles. The Labute approximate surface area is 169 Å². The van der Waals surface area contributed by atoms with E-state index in [1.165, 1.54) is 0 Å². The molecule has 0 amide bonds. The van der Waals surface area contributed by atoms with E-state index in [1.807, 2.05) is 40.1 Å². The van der Waals surface area contributed by atoms with Crippen LogP contribution in [0.25, 0.3) is 33.2 Å². The van der Waals surface area contributed by atoms with E-state index in [-0.39, 0.29) is 0 Å². The molecule has 6 heteroatoms. The van der Waals surface area contributed by atoms with Gasteiger partial charge in [-0.2, -0.15) is 0 Å². The maximum atomic E-state index is 10.6. The predicted molar refractivity (Wildman–Crippen MR) is 115 cm³/mol. The minimum absolute atomic E-state index is 0.356. The van der Waals surface area contributed by atoms with Crippen molar-refractivity contribution >= 4 is 21.9 Å². The molecule has 1 aromatic carbocycles. The summed E-state index contributed by atoms with van der Waals surface area (Å²) >= 11 is 0. The third-order valence-electron chi connectivity index (χ3n) is 5.96. The van der Waals surface area contributed by atoms with E-state index >= 15 is 0 Å². The van der Waals surface area contributed by atoms with Gasteiger partial charge < -0.3 is 9.67 Å². The van der Waals surface area contributed by atoms with Crippen LogP contribution >= 0.6 is 0 Å². The number of fused-ring (bicyclic) bond motifs is 3. The molecule has 5 rings (SSSR count). The largest absolute Gasteiger partial charge is 0.386 e. The summed E-state index contributed by atoms with van der Waals surface area (Å²) in [5, 5.41) is 20.0. The van der Waals surface area contributed by atoms with Crippen LogP contribution in [0.4, 0.5) is 0 Å². The first kappa shape index (κ1) is 18.1. The van der Waals surface area contributed by atoms with Crippen LogP contribution in [0.2, 0.25) is 0 Å². The lowest BCUT2D eigenvalue weighted by Crippen LogP contribution is -2.15. The van der Waals surface area contributed by atoms with E-state index in [4.69, 9.17) is 4.98 Å². The van der Waals surface area contributed by atoms with Gasteiger partial charge in [-0.3, -0.25) is 4.98 Å². The zero-order valence-electron chi connectivity index (χ0n) is 17.2. The minimum Gasteiger partial charge on any atom is -0.386 e. The van der Waals surface area contributed by atoms with Crippen molar-refractivity contribution in [2.75, 3.05) is 0 Å². The fourth-order valence-electron chi connectivity index (χ4n) is 4.48. The Morgan fingerprint density at radius 3 is 2.52 bits per heavy atom. The lowest BCUT2D eigenvalue weighted by atomic mass is 9.97. The molecule has 0 bridgehead atoms. The molecule has 0 radical (unpaired) electrons. The highest BCUT2D eigenvalue weighted by molar-refractivity contribution is 6.07. The third-order valence-corrected chi connectivity index (χ3v) is 5.96. The molecule has 4 aromatic rings. The SMILES string of the molecule is Cc1nnn(C)c1-c1cnc2c3ccc(C(C)(C)O)cc3n(C3CC=CC3)c2c1. The van der Waals surface area contributed by atoms with Gasteiger partial charge in [0.15, 0.2) is 0 Å². The normalized spacial score (nSPS) is 15.2. The monoisotopic (exact) mass is 387 g/mol. The van der Waals surface area contributed by atoms with Gasteiger partial charge in [-0.15, -0.1) is 5.10 Å². The number of allylic oxidation sites excluding steroid dienone is 2. The Morgan fingerprint density at radius 1 is 1.10 bits per heavy atom. The Balaban J connectivity index is 1.82. The Morgan fingerprint density at radius 2 is 1.86 bits per heavy atom. The van der Waals surface area contributed by atoms with Crippen molar-refractivity contribution in [1.82, 2.24) is 24.5 Å². The van der Waals surface area contributed by atoms with Crippen molar-refractivity contribution in [2.45, 2.75) is 45.3 Å². The summed E-state index contributed by atoms with van der Waals surface area (Å²) in [6, 6.07) is 8.77. The van der Waals surface area contributed by atoms with Crippen LogP contribution in [0.15, 0.2) is 42.6 Å². The molecule has 0 saturated heterocycles. The molecule has 0 aliphatic heterocycles. The van der Waals surface area contributed by atoms with Crippen molar-refractivity contribution in [2.24, 2.45) is 7.05 Å². The quantitative estimate of drug-likeness (QED) is 0.529. The van der Waals surface area contributed by atoms with E-state index in [2.05, 4.69) is 45.2 Å². The Kier molecular flexibility index (Phi) is 3.90. The number of rotatable bonds is 3. The maximum absolute atomic E-state index is 10.6. The van der Waals surface area contributed by atoms with Gasteiger partial charge in [0, 0.05) is 30.2 Å². The molecule has 0 unspecified atom stereocenters. The Bertz CT molecular complexity index is 1240. The van der Waals surface area contributed by atoms with Crippen LogP contribution in [-0.4, -0.2) is 29.7 Å². The van der Waals surface area contributed by atoms with Gasteiger partial charge in [-0.05, 0) is 51.3 Å². The zero-order valence-corrected chi connectivity index (χ0v) is 17.2. The average Bonchev–Trinajstić information content (AvgIpc) is 3.38. The smallest absolute Gasteiger partial charge is 0.0960 e. The summed E-state index contributed by atoms with van der Waals surface area (Å²) < 4.78 is 4.20. The predicted octanol–water partition coefficient (Wildman–Crippen LogP) is 4.41. The molecular weight excluding hydrogens is 362 g/mol. The summed E-state index contributed by atoms with van der Waals surface area (Å²) in [6.07, 6.45) is 8.40. The number of aliphatic hydroxyl groups is 1. The molecule has 1 N–H and O–H groups in total. The summed E-state index contributed by atoms with van der Waals surface area (Å²) in [6.45, 7) is 5.62. The van der Waals surface area contributed by atoms with Crippen molar-refractivity contribution < 1.29 is 5.11 Å². The summed E-state index contributed by atoms with van der Waals surface area (Å²) in [4.78, 5) is 4.86. The topological polar surface area (TPSA) is 68.8 Å². The van der Waals surface area contributed by atoms with Crippen molar-refractivity contribution in [3.63, 3.8) is 0 Å². The van der Waals surface area contributed by atoms with E-state index in [0.717, 1.165) is 57.3 Å². The Hall–Kier alpha value is -2.99. The number of hydrogen-bond donors (Lipinski definition) is 1. The fraction of sp³-hybridized carbons (Fsp3) is 0.348. The van der Waals surface area contributed by atoms with Crippen LogP contribution in [0.3, 0.4) is 0 Å². The van der Waals surface area contributed by atoms with Gasteiger partial charge in [0.25, 0.3) is 0 Å². The molecule has 3 aromatic heterocycles. The first-order valence-electron chi connectivity index (χ1n) is 10.0.